The molecule has 0 amide bonds. The summed E-state index contributed by atoms with van der Waals surface area (Å²) >= 11 is 1.36. The molecule has 46 heavy (non-hydrogen) atoms. The molecule has 6 rings (SSSR count). The quantitative estimate of drug-likeness (QED) is 0.114. The van der Waals surface area contributed by atoms with Crippen molar-refractivity contribution < 1.29 is 23.3 Å². The third kappa shape index (κ3) is 10.8. The van der Waals surface area contributed by atoms with Crippen LogP contribution in [0.5, 0.6) is 0 Å². The molecule has 0 aliphatic heterocycles. The number of aryl methyl sites for hydroxylation is 4. The van der Waals surface area contributed by atoms with Crippen LogP contribution in [-0.4, -0.2) is 16.8 Å². The van der Waals surface area contributed by atoms with Crippen LogP contribution in [0.4, 0.5) is 0 Å². The summed E-state index contributed by atoms with van der Waals surface area (Å²) < 4.78 is 0. The Morgan fingerprint density at radius 3 is 1.33 bits per heavy atom. The molecule has 6 heteroatoms. The van der Waals surface area contributed by atoms with Crippen LogP contribution in [0.3, 0.4) is 0 Å². The normalized spacial score (nSPS) is 9.72. The number of hydrogen-bond acceptors (Lipinski definition) is 2. The van der Waals surface area contributed by atoms with Gasteiger partial charge >= 0.3 is 30.2 Å². The molecule has 244 valence electrons. The molecular weight excluding hydrogens is 699 g/mol. The first-order valence-electron chi connectivity index (χ1n) is 15.0. The average Bonchev–Trinajstić information content (AvgIpc) is 3.68. The Labute approximate surface area is 307 Å². The SMILES string of the molecule is CCCCc1cc2c(-c3ccccn3)ccc(C)c2[cH-]1.CCCCc1cc2c(-c3ccccn3)ccc(C)c2[cH-]1.Cl.Cl.[CH3-].[CH3-].[Si]=[Zr]. The molecule has 0 bridgehead atoms. The van der Waals surface area contributed by atoms with Gasteiger partial charge in [-0.15, -0.1) is 92.9 Å². The van der Waals surface area contributed by atoms with Crippen molar-refractivity contribution in [3.05, 3.63) is 134 Å². The molecule has 6 aromatic rings. The van der Waals surface area contributed by atoms with E-state index in [4.69, 9.17) is 0 Å². The van der Waals surface area contributed by atoms with Crippen molar-refractivity contribution in [3.63, 3.8) is 0 Å². The van der Waals surface area contributed by atoms with Gasteiger partial charge in [-0.05, 0) is 48.2 Å². The molecule has 2 heterocycles. The number of rotatable bonds is 8. The van der Waals surface area contributed by atoms with E-state index in [9.17, 15) is 0 Å². The molecular formula is C40H48Cl2N2SiZr-4. The standard InChI is InChI=1S/2C19H20N.2CH3.2ClH.Si.Zr/c2*1-3-4-7-15-12-17-14(2)9-10-16(18(17)13-15)19-8-5-6-11-20-19;;;;;;/h2*5-6,8-13H,3-4,7H2,1-2H3;2*1H3;2*1H;;/q4*-1;;;;. The van der Waals surface area contributed by atoms with Gasteiger partial charge in [-0.25, -0.2) is 0 Å². The van der Waals surface area contributed by atoms with Gasteiger partial charge in [-0.2, -0.15) is 12.1 Å². The van der Waals surface area contributed by atoms with Gasteiger partial charge in [-0.1, -0.05) is 77.6 Å². The number of benzene rings is 2. The number of hydrogen-bond donors (Lipinski definition) is 0. The zero-order valence-electron chi connectivity index (χ0n) is 28.2. The fourth-order valence-electron chi connectivity index (χ4n) is 5.55. The molecule has 0 saturated carbocycles. The molecule has 0 fully saturated rings. The summed E-state index contributed by atoms with van der Waals surface area (Å²) in [5, 5.41) is 5.43. The summed E-state index contributed by atoms with van der Waals surface area (Å²) in [7, 11) is 0. The fourth-order valence-corrected chi connectivity index (χ4v) is 5.55. The van der Waals surface area contributed by atoms with Crippen molar-refractivity contribution in [3.8, 4) is 22.5 Å². The Morgan fingerprint density at radius 1 is 0.609 bits per heavy atom. The van der Waals surface area contributed by atoms with E-state index in [0.29, 0.717) is 0 Å². The van der Waals surface area contributed by atoms with E-state index in [0.717, 1.165) is 11.4 Å². The zero-order valence-corrected chi connectivity index (χ0v) is 33.3. The second-order valence-corrected chi connectivity index (χ2v) is 10.9. The number of fused-ring (bicyclic) bond motifs is 2. The summed E-state index contributed by atoms with van der Waals surface area (Å²) in [6, 6.07) is 30.4. The van der Waals surface area contributed by atoms with Gasteiger partial charge in [-0.3, -0.25) is 9.97 Å². The van der Waals surface area contributed by atoms with Gasteiger partial charge < -0.3 is 14.9 Å². The minimum absolute atomic E-state index is 0. The van der Waals surface area contributed by atoms with E-state index in [2.05, 4.69) is 117 Å². The van der Waals surface area contributed by atoms with Gasteiger partial charge in [0.2, 0.25) is 0 Å². The molecule has 0 spiro atoms. The van der Waals surface area contributed by atoms with Crippen molar-refractivity contribution in [1.82, 2.24) is 9.97 Å². The molecule has 0 N–H and O–H groups in total. The van der Waals surface area contributed by atoms with E-state index >= 15 is 0 Å². The summed E-state index contributed by atoms with van der Waals surface area (Å²) in [6.07, 6.45) is 11.1. The first-order valence-corrected chi connectivity index (χ1v) is 19.2. The molecule has 4 aromatic carbocycles. The first-order chi connectivity index (χ1) is 20.6. The van der Waals surface area contributed by atoms with E-state index in [1.54, 1.807) is 0 Å². The van der Waals surface area contributed by atoms with Gasteiger partial charge in [0.25, 0.3) is 0 Å². The van der Waals surface area contributed by atoms with Crippen LogP contribution >= 0.6 is 24.8 Å². The summed E-state index contributed by atoms with van der Waals surface area (Å²) in [6.45, 7) is 11.9. The Morgan fingerprint density at radius 2 is 1.00 bits per heavy atom. The van der Waals surface area contributed by atoms with Gasteiger partial charge in [0.05, 0.1) is 11.4 Å². The van der Waals surface area contributed by atoms with Crippen LogP contribution in [0.15, 0.2) is 97.3 Å². The Hall–Kier alpha value is -2.36. The molecule has 0 unspecified atom stereocenters. The predicted molar refractivity (Wildman–Crippen MR) is 205 cm³/mol. The third-order valence-corrected chi connectivity index (χ3v) is 7.85. The number of pyridine rings is 2. The third-order valence-electron chi connectivity index (χ3n) is 7.85. The van der Waals surface area contributed by atoms with Crippen molar-refractivity contribution in [1.29, 1.82) is 0 Å². The molecule has 0 saturated heterocycles. The minimum atomic E-state index is 0. The summed E-state index contributed by atoms with van der Waals surface area (Å²) in [4.78, 5) is 9.00. The number of nitrogens with zero attached hydrogens (tertiary/aromatic N) is 2. The van der Waals surface area contributed by atoms with E-state index in [-0.39, 0.29) is 39.7 Å². The monoisotopic (exact) mass is 744 g/mol. The first kappa shape index (κ1) is 43.6. The maximum absolute atomic E-state index is 4.50. The maximum atomic E-state index is 4.50. The molecule has 0 aliphatic carbocycles. The Bertz CT molecular complexity index is 1580. The van der Waals surface area contributed by atoms with Gasteiger partial charge in [0.15, 0.2) is 0 Å². The van der Waals surface area contributed by atoms with Crippen molar-refractivity contribution in [2.24, 2.45) is 0 Å². The topological polar surface area (TPSA) is 25.8 Å². The Kier molecular flexibility index (Phi) is 21.1. The van der Waals surface area contributed by atoms with Crippen LogP contribution in [0.2, 0.25) is 0 Å². The van der Waals surface area contributed by atoms with Gasteiger partial charge in [0, 0.05) is 12.4 Å². The number of unbranched alkanes of at least 4 members (excludes halogenated alkanes) is 2. The number of aromatic nitrogens is 2. The average molecular weight is 747 g/mol. The van der Waals surface area contributed by atoms with E-state index in [1.165, 1.54) is 117 Å². The van der Waals surface area contributed by atoms with Crippen molar-refractivity contribution in [2.45, 2.75) is 66.2 Å². The zero-order chi connectivity index (χ0) is 29.9. The van der Waals surface area contributed by atoms with E-state index < -0.39 is 0 Å². The Balaban J connectivity index is 0.000000772. The van der Waals surface area contributed by atoms with Crippen LogP contribution in [0.25, 0.3) is 44.1 Å². The van der Waals surface area contributed by atoms with Crippen LogP contribution < -0.4 is 0 Å². The summed E-state index contributed by atoms with van der Waals surface area (Å²) in [5.41, 5.74) is 10.2. The predicted octanol–water partition coefficient (Wildman–Crippen LogP) is 11.9. The van der Waals surface area contributed by atoms with Crippen LogP contribution in [0, 0.1) is 28.7 Å². The van der Waals surface area contributed by atoms with Crippen LogP contribution in [0.1, 0.15) is 61.8 Å². The van der Waals surface area contributed by atoms with E-state index in [1.807, 2.05) is 24.5 Å². The van der Waals surface area contributed by atoms with Crippen LogP contribution in [-0.2, 0) is 36.2 Å². The molecule has 2 aromatic heterocycles. The molecule has 0 aliphatic rings. The molecule has 0 atom stereocenters. The second-order valence-electron chi connectivity index (χ2n) is 10.9. The van der Waals surface area contributed by atoms with Crippen molar-refractivity contribution in [2.75, 3.05) is 0 Å². The fraction of sp³-hybridized carbons (Fsp3) is 0.250. The molecule has 2 nitrogen and oxygen atoms in total. The van der Waals surface area contributed by atoms with Gasteiger partial charge in [0.1, 0.15) is 0 Å². The molecule has 2 radical (unpaired) electrons. The second kappa shape index (κ2) is 22.3. The van der Waals surface area contributed by atoms with Crippen molar-refractivity contribution >= 4 is 53.2 Å². The number of halogens is 2. The summed E-state index contributed by atoms with van der Waals surface area (Å²) in [5.74, 6) is 0.